The fraction of sp³-hybridized carbons (Fsp3) is 0.200. The van der Waals surface area contributed by atoms with Crippen LogP contribution < -0.4 is 5.73 Å². The van der Waals surface area contributed by atoms with E-state index < -0.39 is 0 Å². The van der Waals surface area contributed by atoms with Crippen LogP contribution in [0.25, 0.3) is 0 Å². The van der Waals surface area contributed by atoms with E-state index >= 15 is 0 Å². The zero-order chi connectivity index (χ0) is 7.40. The molecule has 0 aromatic carbocycles. The number of carbonyl (C=O) groups excluding carboxylic acids is 1. The number of carbonyl (C=O) groups is 1. The van der Waals surface area contributed by atoms with Crippen molar-refractivity contribution in [3.63, 3.8) is 0 Å². The maximum atomic E-state index is 9.73. The van der Waals surface area contributed by atoms with E-state index in [4.69, 9.17) is 5.73 Å². The Bertz CT molecular complexity index is 223. The number of hydrogen-bond acceptors (Lipinski definition) is 4. The Kier molecular flexibility index (Phi) is 2.48. The van der Waals surface area contributed by atoms with Gasteiger partial charge in [-0.15, -0.1) is 0 Å². The molecule has 0 fully saturated rings. The fourth-order valence-electron chi connectivity index (χ4n) is 0.506. The average molecular weight is 205 g/mol. The van der Waals surface area contributed by atoms with Crippen molar-refractivity contribution in [1.29, 1.82) is 0 Å². The van der Waals surface area contributed by atoms with Gasteiger partial charge in [0.2, 0.25) is 0 Å². The van der Waals surface area contributed by atoms with Crippen LogP contribution in [0.4, 0.5) is 4.69 Å². The van der Waals surface area contributed by atoms with Gasteiger partial charge in [0.25, 0.3) is 0 Å². The van der Waals surface area contributed by atoms with E-state index in [1.165, 1.54) is 0 Å². The van der Waals surface area contributed by atoms with E-state index in [1.807, 2.05) is 0 Å². The quantitative estimate of drug-likeness (QED) is 0.528. The molecule has 54 valence electrons. The van der Waals surface area contributed by atoms with Crippen LogP contribution in [0.1, 0.15) is 4.44 Å². The molecule has 0 aliphatic carbocycles. The molecule has 5 heteroatoms. The number of rotatable bonds is 3. The number of nitrogen functional groups attached to an aromatic ring is 1. The van der Waals surface area contributed by atoms with Gasteiger partial charge in [-0.25, -0.2) is 0 Å². The Morgan fingerprint density at radius 3 is 3.20 bits per heavy atom. The number of ether oxygens (including phenoxy) is 1. The molecule has 0 amide bonds. The molecule has 1 aromatic heterocycles. The topological polar surface area (TPSA) is 65.2 Å². The number of nitrogens with zero attached hydrogens (tertiary/aromatic N) is 1. The zero-order valence-electron chi connectivity index (χ0n) is 5.11. The minimum absolute atomic E-state index is 0.100. The Balaban J connectivity index is 2.49. The molecule has 0 aliphatic heterocycles. The Labute approximate surface area is 63.8 Å². The van der Waals surface area contributed by atoms with Gasteiger partial charge in [0.05, 0.1) is 0 Å². The van der Waals surface area contributed by atoms with E-state index in [1.54, 1.807) is 6.20 Å². The fourth-order valence-corrected chi connectivity index (χ4v) is 1.78. The third-order valence-corrected chi connectivity index (χ3v) is 2.54. The van der Waals surface area contributed by atoms with Crippen LogP contribution in [0.15, 0.2) is 6.20 Å². The molecular weight excluding hydrogens is 199 g/mol. The second-order valence-electron chi connectivity index (χ2n) is 1.57. The number of aromatic nitrogens is 1. The zero-order valence-corrected chi connectivity index (χ0v) is 6.82. The van der Waals surface area contributed by atoms with E-state index in [0.29, 0.717) is 17.8 Å². The van der Waals surface area contributed by atoms with Crippen LogP contribution in [-0.4, -0.2) is 26.0 Å². The monoisotopic (exact) mass is 206 g/mol. The van der Waals surface area contributed by atoms with Crippen LogP contribution in [-0.2, 0) is 16.1 Å². The van der Waals surface area contributed by atoms with Gasteiger partial charge < -0.3 is 0 Å². The van der Waals surface area contributed by atoms with Crippen molar-refractivity contribution < 1.29 is 9.53 Å². The van der Waals surface area contributed by atoms with Gasteiger partial charge in [0.15, 0.2) is 0 Å². The third kappa shape index (κ3) is 1.86. The van der Waals surface area contributed by atoms with Crippen molar-refractivity contribution >= 4 is 25.7 Å². The van der Waals surface area contributed by atoms with Gasteiger partial charge >= 0.3 is 63.2 Å². The summed E-state index contributed by atoms with van der Waals surface area (Å²) in [5.41, 5.74) is 5.38. The maximum absolute atomic E-state index is 9.73. The number of nitrogens with two attached hydrogens (primary N) is 1. The van der Waals surface area contributed by atoms with Crippen molar-refractivity contribution in [2.75, 3.05) is 5.73 Å². The second-order valence-corrected chi connectivity index (χ2v) is 3.98. The normalized spacial score (nSPS) is 9.20. The molecule has 1 heterocycles. The first kappa shape index (κ1) is 7.31. The van der Waals surface area contributed by atoms with Gasteiger partial charge in [-0.3, -0.25) is 0 Å². The summed E-state index contributed by atoms with van der Waals surface area (Å²) in [7, 11) is 0. The van der Waals surface area contributed by atoms with Gasteiger partial charge in [-0.1, -0.05) is 0 Å². The Morgan fingerprint density at radius 1 is 1.90 bits per heavy atom. The molecule has 0 aliphatic rings. The molecule has 0 saturated heterocycles. The molecule has 4 nitrogen and oxygen atoms in total. The molecule has 2 N–H and O–H groups in total. The van der Waals surface area contributed by atoms with Crippen LogP contribution in [0.5, 0.6) is 0 Å². The van der Waals surface area contributed by atoms with Gasteiger partial charge in [0, 0.05) is 0 Å². The first-order valence-corrected chi connectivity index (χ1v) is 4.29. The van der Waals surface area contributed by atoms with E-state index in [0.717, 1.165) is 4.44 Å². The molecule has 1 rings (SSSR count). The molecule has 0 radical (unpaired) electrons. The summed E-state index contributed by atoms with van der Waals surface area (Å²) >= 11 is 0.100. The molecule has 0 spiro atoms. The molecule has 0 unspecified atom stereocenters. The molecular formula is C5H6N2O2Se. The van der Waals surface area contributed by atoms with Crippen molar-refractivity contribution in [3.05, 3.63) is 10.6 Å². The first-order chi connectivity index (χ1) is 4.83. The first-order valence-electron chi connectivity index (χ1n) is 2.58. The summed E-state index contributed by atoms with van der Waals surface area (Å²) in [6, 6.07) is 0. The van der Waals surface area contributed by atoms with E-state index in [2.05, 4.69) is 9.72 Å². The number of hydrogen-bond donors (Lipinski definition) is 1. The summed E-state index contributed by atoms with van der Waals surface area (Å²) in [5, 5.41) is 0. The SMILES string of the molecule is Nc1ncc(COC=O)[se]1. The predicted octanol–water partition coefficient (Wildman–Crippen LogP) is -0.606. The summed E-state index contributed by atoms with van der Waals surface area (Å²) in [4.78, 5) is 13.6. The van der Waals surface area contributed by atoms with E-state index in [-0.39, 0.29) is 14.5 Å². The van der Waals surface area contributed by atoms with Crippen molar-refractivity contribution in [1.82, 2.24) is 4.98 Å². The van der Waals surface area contributed by atoms with Crippen LogP contribution in [0, 0.1) is 0 Å². The van der Waals surface area contributed by atoms with Crippen molar-refractivity contribution in [2.45, 2.75) is 6.61 Å². The summed E-state index contributed by atoms with van der Waals surface area (Å²) in [6.45, 7) is 0.749. The molecule has 1 aromatic rings. The Hall–Kier alpha value is -0.801. The summed E-state index contributed by atoms with van der Waals surface area (Å²) in [5.74, 6) is 0. The standard InChI is InChI=1S/C5H6N2O2Se/c6-5-7-1-4(10-5)2-9-3-8/h1,3H,2H2,(H2,6,7). The van der Waals surface area contributed by atoms with Crippen molar-refractivity contribution in [2.24, 2.45) is 0 Å². The predicted molar refractivity (Wildman–Crippen MR) is 36.4 cm³/mol. The molecule has 0 atom stereocenters. The average Bonchev–Trinajstić information content (AvgIpc) is 2.31. The Morgan fingerprint density at radius 2 is 2.70 bits per heavy atom. The summed E-state index contributed by atoms with van der Waals surface area (Å²) < 4.78 is 6.14. The van der Waals surface area contributed by atoms with Gasteiger partial charge in [-0.05, 0) is 0 Å². The van der Waals surface area contributed by atoms with E-state index in [9.17, 15) is 4.79 Å². The molecule has 0 saturated carbocycles. The number of anilines is 1. The van der Waals surface area contributed by atoms with Crippen LogP contribution in [0.3, 0.4) is 0 Å². The molecule has 10 heavy (non-hydrogen) atoms. The summed E-state index contributed by atoms with van der Waals surface area (Å²) in [6.07, 6.45) is 1.65. The van der Waals surface area contributed by atoms with Gasteiger partial charge in [0.1, 0.15) is 0 Å². The van der Waals surface area contributed by atoms with Crippen LogP contribution >= 0.6 is 0 Å². The van der Waals surface area contributed by atoms with Crippen molar-refractivity contribution in [3.8, 4) is 0 Å². The minimum atomic E-state index is 0.100. The molecule has 0 bridgehead atoms. The second kappa shape index (κ2) is 3.39. The van der Waals surface area contributed by atoms with Gasteiger partial charge in [-0.2, -0.15) is 0 Å². The van der Waals surface area contributed by atoms with Crippen LogP contribution in [0.2, 0.25) is 0 Å². The third-order valence-electron chi connectivity index (χ3n) is 0.865.